The highest BCUT2D eigenvalue weighted by Crippen LogP contribution is 2.25. The van der Waals surface area contributed by atoms with Crippen LogP contribution >= 0.6 is 0 Å². The number of aromatic nitrogens is 2. The molecule has 0 unspecified atom stereocenters. The highest BCUT2D eigenvalue weighted by Gasteiger charge is 2.20. The van der Waals surface area contributed by atoms with E-state index in [0.29, 0.717) is 18.8 Å². The van der Waals surface area contributed by atoms with Crippen molar-refractivity contribution in [2.75, 3.05) is 30.0 Å². The number of rotatable bonds is 9. The van der Waals surface area contributed by atoms with Crippen LogP contribution in [0.5, 0.6) is 5.75 Å². The molecule has 0 aliphatic rings. The van der Waals surface area contributed by atoms with Gasteiger partial charge in [-0.2, -0.15) is 0 Å². The number of carbonyl (C=O) groups excluding carboxylic acids is 2. The summed E-state index contributed by atoms with van der Waals surface area (Å²) < 4.78 is 29.5. The van der Waals surface area contributed by atoms with E-state index in [-0.39, 0.29) is 34.2 Å². The van der Waals surface area contributed by atoms with Crippen LogP contribution in [0.15, 0.2) is 59.8 Å². The number of nitrogens with one attached hydrogen (secondary N) is 2. The van der Waals surface area contributed by atoms with Gasteiger partial charge in [0.1, 0.15) is 11.6 Å². The van der Waals surface area contributed by atoms with Crippen LogP contribution in [-0.2, 0) is 9.84 Å². The first-order valence-electron chi connectivity index (χ1n) is 10.4. The second-order valence-corrected chi connectivity index (χ2v) is 9.47. The summed E-state index contributed by atoms with van der Waals surface area (Å²) in [4.78, 5) is 34.1. The Balaban J connectivity index is 1.86. The van der Waals surface area contributed by atoms with Gasteiger partial charge in [0.2, 0.25) is 0 Å². The lowest BCUT2D eigenvalue weighted by atomic mass is 10.1. The largest absolute Gasteiger partial charge is 0.493 e. The predicted octanol–water partition coefficient (Wildman–Crippen LogP) is 2.42. The maximum absolute atomic E-state index is 13.1. The van der Waals surface area contributed by atoms with Crippen molar-refractivity contribution in [1.82, 2.24) is 9.97 Å². The molecule has 3 aromatic rings. The molecule has 0 aliphatic heterocycles. The maximum atomic E-state index is 13.1. The second kappa shape index (κ2) is 10.9. The van der Waals surface area contributed by atoms with E-state index in [0.717, 1.165) is 11.8 Å². The lowest BCUT2D eigenvalue weighted by Crippen LogP contribution is -2.20. The monoisotopic (exact) mass is 483 g/mol. The van der Waals surface area contributed by atoms with E-state index >= 15 is 0 Å². The van der Waals surface area contributed by atoms with Gasteiger partial charge in [-0.15, -0.1) is 0 Å². The van der Waals surface area contributed by atoms with Crippen LogP contribution < -0.4 is 21.1 Å². The second-order valence-electron chi connectivity index (χ2n) is 7.45. The molecule has 0 saturated heterocycles. The molecule has 0 fully saturated rings. The van der Waals surface area contributed by atoms with E-state index < -0.39 is 21.7 Å². The molecule has 0 saturated carbocycles. The first-order valence-corrected chi connectivity index (χ1v) is 12.3. The Kier molecular flexibility index (Phi) is 7.92. The van der Waals surface area contributed by atoms with E-state index in [9.17, 15) is 18.0 Å². The summed E-state index contributed by atoms with van der Waals surface area (Å²) in [6.07, 6.45) is 4.62. The summed E-state index contributed by atoms with van der Waals surface area (Å²) in [5, 5.41) is 5.30. The van der Waals surface area contributed by atoms with Crippen LogP contribution in [0.4, 0.5) is 11.5 Å². The number of pyridine rings is 2. The molecule has 4 N–H and O–H groups in total. The van der Waals surface area contributed by atoms with Crippen molar-refractivity contribution in [3.63, 3.8) is 0 Å². The van der Waals surface area contributed by atoms with Gasteiger partial charge in [0, 0.05) is 18.6 Å². The first-order chi connectivity index (χ1) is 16.2. The Morgan fingerprint density at radius 1 is 1.06 bits per heavy atom. The highest BCUT2D eigenvalue weighted by atomic mass is 32.2. The fourth-order valence-corrected chi connectivity index (χ4v) is 3.54. The minimum Gasteiger partial charge on any atom is -0.493 e. The number of sulfone groups is 1. The third-order valence-corrected chi connectivity index (χ3v) is 5.77. The van der Waals surface area contributed by atoms with Crippen LogP contribution in [-0.4, -0.2) is 49.6 Å². The number of ether oxygens (including phenoxy) is 1. The molecule has 11 heteroatoms. The SMILES string of the molecule is Cc1ccc(NC(=O)c2ncccc2NC(=O)c2ccc(S(C)(=O)=O)cc2OCCCN)nc1. The zero-order chi connectivity index (χ0) is 24.7. The Labute approximate surface area is 197 Å². The van der Waals surface area contributed by atoms with Crippen LogP contribution in [0, 0.1) is 6.92 Å². The summed E-state index contributed by atoms with van der Waals surface area (Å²) in [5.41, 5.74) is 6.68. The molecule has 1 aromatic carbocycles. The van der Waals surface area contributed by atoms with Crippen molar-refractivity contribution < 1.29 is 22.7 Å². The molecular weight excluding hydrogens is 458 g/mol. The van der Waals surface area contributed by atoms with E-state index in [1.54, 1.807) is 24.4 Å². The fraction of sp³-hybridized carbons (Fsp3) is 0.217. The van der Waals surface area contributed by atoms with Gasteiger partial charge in [0.15, 0.2) is 15.5 Å². The lowest BCUT2D eigenvalue weighted by molar-refractivity contribution is 0.102. The third kappa shape index (κ3) is 6.36. The van der Waals surface area contributed by atoms with Gasteiger partial charge in [-0.25, -0.2) is 18.4 Å². The normalized spacial score (nSPS) is 11.0. The number of anilines is 2. The molecule has 0 radical (unpaired) electrons. The predicted molar refractivity (Wildman–Crippen MR) is 128 cm³/mol. The maximum Gasteiger partial charge on any atom is 0.277 e. The summed E-state index contributed by atoms with van der Waals surface area (Å²) in [6.45, 7) is 2.45. The topological polar surface area (TPSA) is 153 Å². The van der Waals surface area contributed by atoms with Gasteiger partial charge in [-0.1, -0.05) is 6.07 Å². The number of nitrogens with zero attached hydrogens (tertiary/aromatic N) is 2. The summed E-state index contributed by atoms with van der Waals surface area (Å²) in [5.74, 6) is -0.726. The molecule has 0 bridgehead atoms. The van der Waals surface area contributed by atoms with Gasteiger partial charge in [-0.05, 0) is 61.9 Å². The van der Waals surface area contributed by atoms with Crippen molar-refractivity contribution in [3.8, 4) is 5.75 Å². The molecule has 2 heterocycles. The first kappa shape index (κ1) is 24.8. The Morgan fingerprint density at radius 3 is 2.53 bits per heavy atom. The lowest BCUT2D eigenvalue weighted by Gasteiger charge is -2.14. The summed E-state index contributed by atoms with van der Waals surface area (Å²) >= 11 is 0. The minimum absolute atomic E-state index is 0.0128. The van der Waals surface area contributed by atoms with E-state index in [1.807, 2.05) is 6.92 Å². The number of benzene rings is 1. The standard InChI is InChI=1S/C23H25N5O5S/c1-15-6-9-20(26-14-15)28-23(30)21-18(5-3-11-25-21)27-22(29)17-8-7-16(34(2,31)32)13-19(17)33-12-4-10-24/h3,5-9,11,13-14H,4,10,12,24H2,1-2H3,(H,27,29)(H,26,28,30). The summed E-state index contributed by atoms with van der Waals surface area (Å²) in [6, 6.07) is 10.5. The van der Waals surface area contributed by atoms with Gasteiger partial charge in [-0.3, -0.25) is 9.59 Å². The number of aryl methyl sites for hydroxylation is 1. The van der Waals surface area contributed by atoms with Crippen molar-refractivity contribution in [2.45, 2.75) is 18.2 Å². The number of nitrogens with two attached hydrogens (primary N) is 1. The molecule has 2 aromatic heterocycles. The number of amides is 2. The van der Waals surface area contributed by atoms with Crippen molar-refractivity contribution in [3.05, 3.63) is 71.7 Å². The van der Waals surface area contributed by atoms with Gasteiger partial charge in [0.05, 0.1) is 22.8 Å². The van der Waals surface area contributed by atoms with E-state index in [4.69, 9.17) is 10.5 Å². The van der Waals surface area contributed by atoms with Crippen LogP contribution in [0.2, 0.25) is 0 Å². The van der Waals surface area contributed by atoms with Crippen LogP contribution in [0.1, 0.15) is 32.8 Å². The molecule has 10 nitrogen and oxygen atoms in total. The Morgan fingerprint density at radius 2 is 1.85 bits per heavy atom. The van der Waals surface area contributed by atoms with Crippen molar-refractivity contribution >= 4 is 33.2 Å². The Bertz CT molecular complexity index is 1290. The van der Waals surface area contributed by atoms with E-state index in [2.05, 4.69) is 20.6 Å². The average Bonchev–Trinajstić information content (AvgIpc) is 2.80. The number of hydrogen-bond acceptors (Lipinski definition) is 8. The molecule has 0 aliphatic carbocycles. The summed E-state index contributed by atoms with van der Waals surface area (Å²) in [7, 11) is -3.51. The average molecular weight is 484 g/mol. The van der Waals surface area contributed by atoms with E-state index in [1.165, 1.54) is 30.5 Å². The molecule has 0 atom stereocenters. The zero-order valence-corrected chi connectivity index (χ0v) is 19.6. The Hall–Kier alpha value is -3.83. The van der Waals surface area contributed by atoms with Crippen LogP contribution in [0.3, 0.4) is 0 Å². The highest BCUT2D eigenvalue weighted by molar-refractivity contribution is 7.90. The molecule has 34 heavy (non-hydrogen) atoms. The fourth-order valence-electron chi connectivity index (χ4n) is 2.90. The smallest absolute Gasteiger partial charge is 0.277 e. The molecule has 2 amide bonds. The third-order valence-electron chi connectivity index (χ3n) is 4.66. The molecule has 178 valence electrons. The van der Waals surface area contributed by atoms with Crippen molar-refractivity contribution in [1.29, 1.82) is 0 Å². The van der Waals surface area contributed by atoms with Gasteiger partial charge in [0.25, 0.3) is 11.8 Å². The molecule has 3 rings (SSSR count). The molecule has 0 spiro atoms. The minimum atomic E-state index is -3.51. The van der Waals surface area contributed by atoms with Crippen molar-refractivity contribution in [2.24, 2.45) is 5.73 Å². The number of hydrogen-bond donors (Lipinski definition) is 3. The number of carbonyl (C=O) groups is 2. The van der Waals surface area contributed by atoms with Gasteiger partial charge >= 0.3 is 0 Å². The van der Waals surface area contributed by atoms with Crippen LogP contribution in [0.25, 0.3) is 0 Å². The zero-order valence-electron chi connectivity index (χ0n) is 18.7. The van der Waals surface area contributed by atoms with Gasteiger partial charge < -0.3 is 21.1 Å². The quantitative estimate of drug-likeness (QED) is 0.392. The molecular formula is C23H25N5O5S.